The lowest BCUT2D eigenvalue weighted by molar-refractivity contribution is -0.123. The van der Waals surface area contributed by atoms with Gasteiger partial charge < -0.3 is 4.42 Å². The average molecular weight is 418 g/mol. The van der Waals surface area contributed by atoms with Crippen LogP contribution < -0.4 is 0 Å². The number of furan rings is 1. The summed E-state index contributed by atoms with van der Waals surface area (Å²) in [6.07, 6.45) is 3.17. The number of aryl methyl sites for hydroxylation is 1. The summed E-state index contributed by atoms with van der Waals surface area (Å²) in [4.78, 5) is 26.0. The van der Waals surface area contributed by atoms with Gasteiger partial charge in [0.25, 0.3) is 11.1 Å². The van der Waals surface area contributed by atoms with Crippen LogP contribution in [0, 0.1) is 6.92 Å². The van der Waals surface area contributed by atoms with Gasteiger partial charge in [0.2, 0.25) is 0 Å². The third kappa shape index (κ3) is 3.50. The maximum Gasteiger partial charge on any atom is 0.294 e. The van der Waals surface area contributed by atoms with Crippen LogP contribution in [0.2, 0.25) is 0 Å². The van der Waals surface area contributed by atoms with Crippen molar-refractivity contribution in [2.45, 2.75) is 19.9 Å². The lowest BCUT2D eigenvalue weighted by atomic mass is 10.1. The summed E-state index contributed by atoms with van der Waals surface area (Å²) < 4.78 is 6.77. The van der Waals surface area contributed by atoms with Crippen molar-refractivity contribution in [1.29, 1.82) is 0 Å². The minimum Gasteiger partial charge on any atom is -0.457 e. The van der Waals surface area contributed by atoms with E-state index < -0.39 is 0 Å². The first-order chi connectivity index (χ1) is 11.9. The first-order valence-electron chi connectivity index (χ1n) is 7.66. The highest BCUT2D eigenvalue weighted by Crippen LogP contribution is 2.35. The predicted octanol–water partition coefficient (Wildman–Crippen LogP) is 5.63. The van der Waals surface area contributed by atoms with Crippen LogP contribution in [0.1, 0.15) is 18.2 Å². The topological polar surface area (TPSA) is 50.5 Å². The van der Waals surface area contributed by atoms with Crippen molar-refractivity contribution in [3.8, 4) is 11.3 Å². The van der Waals surface area contributed by atoms with Crippen molar-refractivity contribution in [3.63, 3.8) is 0 Å². The fourth-order valence-corrected chi connectivity index (χ4v) is 4.05. The molecule has 6 heteroatoms. The number of nitrogens with zero attached hydrogens (tertiary/aromatic N) is 1. The lowest BCUT2D eigenvalue weighted by Gasteiger charge is -2.17. The van der Waals surface area contributed by atoms with Gasteiger partial charge in [0, 0.05) is 16.1 Å². The Hall–Kier alpha value is -2.05. The van der Waals surface area contributed by atoms with E-state index in [1.165, 1.54) is 4.90 Å². The molecule has 1 aromatic heterocycles. The van der Waals surface area contributed by atoms with E-state index in [4.69, 9.17) is 4.42 Å². The molecule has 0 unspecified atom stereocenters. The van der Waals surface area contributed by atoms with Crippen molar-refractivity contribution in [1.82, 2.24) is 4.90 Å². The molecule has 0 saturated carbocycles. The number of carbonyl (C=O) groups excluding carboxylic acids is 2. The summed E-state index contributed by atoms with van der Waals surface area (Å²) in [5, 5.41) is -0.295. The number of benzene rings is 1. The maximum absolute atomic E-state index is 12.4. The first-order valence-corrected chi connectivity index (χ1v) is 9.27. The number of thioether (sulfide) groups is 1. The van der Waals surface area contributed by atoms with Crippen LogP contribution in [-0.2, 0) is 4.79 Å². The molecule has 128 valence electrons. The zero-order valence-electron chi connectivity index (χ0n) is 13.8. The summed E-state index contributed by atoms with van der Waals surface area (Å²) in [6, 6.07) is 9.28. The standard InChI is InChI=1S/C19H16BrNO3S/c1-4-12(3)21-18(22)17(25-19(21)23)10-13-6-8-16(24-13)14-7-5-11(2)9-15(14)20/h4-10,12H,1H2,2-3H3/b17-10-/t12-/m0/s1. The zero-order chi connectivity index (χ0) is 18.1. The molecule has 1 aliphatic heterocycles. The largest absolute Gasteiger partial charge is 0.457 e. The second-order valence-electron chi connectivity index (χ2n) is 5.71. The molecule has 2 heterocycles. The van der Waals surface area contributed by atoms with Gasteiger partial charge in [-0.15, -0.1) is 6.58 Å². The van der Waals surface area contributed by atoms with E-state index in [1.807, 2.05) is 31.2 Å². The van der Waals surface area contributed by atoms with E-state index in [-0.39, 0.29) is 17.2 Å². The number of hydrogen-bond donors (Lipinski definition) is 0. The van der Waals surface area contributed by atoms with Crippen molar-refractivity contribution in [3.05, 3.63) is 63.7 Å². The van der Waals surface area contributed by atoms with Crippen molar-refractivity contribution in [2.75, 3.05) is 0 Å². The van der Waals surface area contributed by atoms with Gasteiger partial charge in [-0.25, -0.2) is 0 Å². The van der Waals surface area contributed by atoms with E-state index in [2.05, 4.69) is 22.5 Å². The molecule has 1 saturated heterocycles. The van der Waals surface area contributed by atoms with E-state index in [0.717, 1.165) is 27.4 Å². The molecule has 0 N–H and O–H groups in total. The van der Waals surface area contributed by atoms with Crippen LogP contribution in [0.5, 0.6) is 0 Å². The Morgan fingerprint density at radius 3 is 2.72 bits per heavy atom. The van der Waals surface area contributed by atoms with Crippen molar-refractivity contribution in [2.24, 2.45) is 0 Å². The molecule has 0 spiro atoms. The molecule has 0 aliphatic carbocycles. The monoisotopic (exact) mass is 417 g/mol. The number of carbonyl (C=O) groups is 2. The van der Waals surface area contributed by atoms with Crippen LogP contribution in [-0.4, -0.2) is 22.1 Å². The normalized spacial score (nSPS) is 17.4. The predicted molar refractivity (Wildman–Crippen MR) is 104 cm³/mol. The minimum atomic E-state index is -0.339. The fraction of sp³-hybridized carbons (Fsp3) is 0.158. The SMILES string of the molecule is C=C[C@H](C)N1C(=O)S/C(=C\c2ccc(-c3ccc(C)cc3Br)o2)C1=O. The van der Waals surface area contributed by atoms with Crippen LogP contribution in [0.25, 0.3) is 17.4 Å². The molecule has 2 amide bonds. The zero-order valence-corrected chi connectivity index (χ0v) is 16.2. The molecule has 3 rings (SSSR count). The highest BCUT2D eigenvalue weighted by atomic mass is 79.9. The van der Waals surface area contributed by atoms with E-state index in [9.17, 15) is 9.59 Å². The van der Waals surface area contributed by atoms with E-state index in [1.54, 1.807) is 25.1 Å². The van der Waals surface area contributed by atoms with Gasteiger partial charge in [0.1, 0.15) is 11.5 Å². The summed E-state index contributed by atoms with van der Waals surface area (Å²) >= 11 is 4.45. The third-order valence-corrected chi connectivity index (χ3v) is 5.40. The molecule has 0 radical (unpaired) electrons. The molecular formula is C19H16BrNO3S. The number of amides is 2. The fourth-order valence-electron chi connectivity index (χ4n) is 2.46. The molecule has 1 aromatic carbocycles. The van der Waals surface area contributed by atoms with Gasteiger partial charge in [-0.1, -0.05) is 28.1 Å². The molecule has 2 aromatic rings. The van der Waals surface area contributed by atoms with Gasteiger partial charge in [-0.2, -0.15) is 0 Å². The Bertz CT molecular complexity index is 900. The van der Waals surface area contributed by atoms with Gasteiger partial charge in [0.05, 0.1) is 10.9 Å². The Kier molecular flexibility index (Phi) is 5.01. The smallest absolute Gasteiger partial charge is 0.294 e. The second kappa shape index (κ2) is 7.06. The highest BCUT2D eigenvalue weighted by Gasteiger charge is 2.37. The lowest BCUT2D eigenvalue weighted by Crippen LogP contribution is -2.35. The number of halogens is 1. The van der Waals surface area contributed by atoms with Crippen LogP contribution >= 0.6 is 27.7 Å². The number of rotatable bonds is 4. The van der Waals surface area contributed by atoms with Gasteiger partial charge >= 0.3 is 0 Å². The summed E-state index contributed by atoms with van der Waals surface area (Å²) in [7, 11) is 0. The van der Waals surface area contributed by atoms with Crippen molar-refractivity contribution >= 4 is 44.9 Å². The average Bonchev–Trinajstić information content (AvgIpc) is 3.12. The van der Waals surface area contributed by atoms with Crippen LogP contribution in [0.3, 0.4) is 0 Å². The third-order valence-electron chi connectivity index (χ3n) is 3.86. The van der Waals surface area contributed by atoms with Gasteiger partial charge in [0.15, 0.2) is 0 Å². The Labute approximate surface area is 158 Å². The second-order valence-corrected chi connectivity index (χ2v) is 7.56. The van der Waals surface area contributed by atoms with E-state index >= 15 is 0 Å². The Morgan fingerprint density at radius 2 is 2.04 bits per heavy atom. The maximum atomic E-state index is 12.4. The van der Waals surface area contributed by atoms with E-state index in [0.29, 0.717) is 16.4 Å². The highest BCUT2D eigenvalue weighted by molar-refractivity contribution is 9.10. The first kappa shape index (κ1) is 17.8. The van der Waals surface area contributed by atoms with Crippen LogP contribution in [0.15, 0.2) is 56.8 Å². The molecule has 4 nitrogen and oxygen atoms in total. The molecule has 1 atom stereocenters. The summed E-state index contributed by atoms with van der Waals surface area (Å²) in [5.41, 5.74) is 2.08. The molecule has 0 bridgehead atoms. The van der Waals surface area contributed by atoms with Gasteiger partial charge in [-0.3, -0.25) is 14.5 Å². The summed E-state index contributed by atoms with van der Waals surface area (Å²) in [5.74, 6) is 0.896. The quantitative estimate of drug-likeness (QED) is 0.477. The Balaban J connectivity index is 1.88. The minimum absolute atomic E-state index is 0.295. The molecule has 1 fully saturated rings. The number of imide groups is 1. The van der Waals surface area contributed by atoms with Crippen molar-refractivity contribution < 1.29 is 14.0 Å². The number of hydrogen-bond acceptors (Lipinski definition) is 4. The Morgan fingerprint density at radius 1 is 1.28 bits per heavy atom. The summed E-state index contributed by atoms with van der Waals surface area (Å²) in [6.45, 7) is 7.41. The molecular weight excluding hydrogens is 402 g/mol. The molecule has 1 aliphatic rings. The van der Waals surface area contributed by atoms with Crippen LogP contribution in [0.4, 0.5) is 4.79 Å². The molecule has 25 heavy (non-hydrogen) atoms. The van der Waals surface area contributed by atoms with Gasteiger partial charge in [-0.05, 0) is 55.4 Å².